The maximum absolute atomic E-state index is 9.84. The van der Waals surface area contributed by atoms with Gasteiger partial charge in [0.05, 0.1) is 6.10 Å². The van der Waals surface area contributed by atoms with Crippen LogP contribution in [0.15, 0.2) is 22.8 Å². The Labute approximate surface area is 110 Å². The molecule has 0 aliphatic carbocycles. The monoisotopic (exact) mass is 303 g/mol. The molecule has 4 heteroatoms. The first-order valence-electron chi connectivity index (χ1n) is 5.52. The molecule has 0 saturated carbocycles. The normalized spacial score (nSPS) is 14.8. The largest absolute Gasteiger partial charge is 0.392 e. The molecule has 0 amide bonds. The van der Waals surface area contributed by atoms with E-state index in [-0.39, 0.29) is 6.10 Å². The van der Waals surface area contributed by atoms with Crippen LogP contribution in [0.25, 0.3) is 0 Å². The van der Waals surface area contributed by atoms with Crippen LogP contribution in [0.1, 0.15) is 26.0 Å². The fraction of sp³-hybridized carbons (Fsp3) is 0.583. The van der Waals surface area contributed by atoms with E-state index in [9.17, 15) is 5.11 Å². The summed E-state index contributed by atoms with van der Waals surface area (Å²) >= 11 is 5.16. The van der Waals surface area contributed by atoms with E-state index in [1.807, 2.05) is 23.9 Å². The minimum absolute atomic E-state index is 0.298. The van der Waals surface area contributed by atoms with Crippen molar-refractivity contribution in [2.45, 2.75) is 38.0 Å². The lowest BCUT2D eigenvalue weighted by Gasteiger charge is -2.13. The van der Waals surface area contributed by atoms with Gasteiger partial charge in [0.15, 0.2) is 0 Å². The predicted molar refractivity (Wildman–Crippen MR) is 73.9 cm³/mol. The Hall–Kier alpha value is -0.0600. The SMILES string of the molecule is CCC(C)SCC(O)Cc1ccc(Br)cn1. The summed E-state index contributed by atoms with van der Waals surface area (Å²) in [5.41, 5.74) is 0.945. The van der Waals surface area contributed by atoms with Crippen molar-refractivity contribution in [3.05, 3.63) is 28.5 Å². The maximum Gasteiger partial charge on any atom is 0.0686 e. The molecule has 1 aromatic rings. The number of thioether (sulfide) groups is 1. The zero-order chi connectivity index (χ0) is 12.0. The van der Waals surface area contributed by atoms with Crippen molar-refractivity contribution in [3.8, 4) is 0 Å². The standard InChI is InChI=1S/C12H18BrNOS/c1-3-9(2)16-8-12(15)6-11-5-4-10(13)7-14-11/h4-5,7,9,12,15H,3,6,8H2,1-2H3. The molecule has 0 radical (unpaired) electrons. The summed E-state index contributed by atoms with van der Waals surface area (Å²) in [6.45, 7) is 4.36. The third kappa shape index (κ3) is 5.32. The molecule has 1 heterocycles. The van der Waals surface area contributed by atoms with Gasteiger partial charge >= 0.3 is 0 Å². The number of rotatable bonds is 6. The Morgan fingerprint density at radius 3 is 2.81 bits per heavy atom. The Morgan fingerprint density at radius 2 is 2.25 bits per heavy atom. The smallest absolute Gasteiger partial charge is 0.0686 e. The van der Waals surface area contributed by atoms with Gasteiger partial charge in [0.2, 0.25) is 0 Å². The quantitative estimate of drug-likeness (QED) is 0.875. The lowest BCUT2D eigenvalue weighted by atomic mass is 10.2. The van der Waals surface area contributed by atoms with Gasteiger partial charge in [-0.3, -0.25) is 4.98 Å². The summed E-state index contributed by atoms with van der Waals surface area (Å²) in [5.74, 6) is 0.784. The zero-order valence-corrected chi connectivity index (χ0v) is 12.1. The number of hydrogen-bond acceptors (Lipinski definition) is 3. The van der Waals surface area contributed by atoms with Crippen LogP contribution < -0.4 is 0 Å². The molecule has 1 rings (SSSR count). The molecular weight excluding hydrogens is 286 g/mol. The second-order valence-corrected chi connectivity index (χ2v) is 6.26. The highest BCUT2D eigenvalue weighted by Crippen LogP contribution is 2.16. The Balaban J connectivity index is 2.33. The molecule has 0 spiro atoms. The Bertz CT molecular complexity index is 304. The molecule has 0 aliphatic rings. The van der Waals surface area contributed by atoms with Gasteiger partial charge < -0.3 is 5.11 Å². The fourth-order valence-electron chi connectivity index (χ4n) is 1.22. The molecule has 2 nitrogen and oxygen atoms in total. The second kappa shape index (κ2) is 7.30. The molecule has 1 aromatic heterocycles. The number of nitrogens with zero attached hydrogens (tertiary/aromatic N) is 1. The molecule has 0 saturated heterocycles. The minimum Gasteiger partial charge on any atom is -0.392 e. The van der Waals surface area contributed by atoms with E-state index < -0.39 is 0 Å². The minimum atomic E-state index is -0.298. The Morgan fingerprint density at radius 1 is 1.50 bits per heavy atom. The van der Waals surface area contributed by atoms with Crippen LogP contribution >= 0.6 is 27.7 Å². The van der Waals surface area contributed by atoms with E-state index in [1.165, 1.54) is 0 Å². The van der Waals surface area contributed by atoms with Crippen molar-refractivity contribution < 1.29 is 5.11 Å². The van der Waals surface area contributed by atoms with Crippen LogP contribution in [0.3, 0.4) is 0 Å². The molecule has 2 atom stereocenters. The van der Waals surface area contributed by atoms with Crippen molar-refractivity contribution >= 4 is 27.7 Å². The van der Waals surface area contributed by atoms with Crippen LogP contribution in [0.5, 0.6) is 0 Å². The van der Waals surface area contributed by atoms with Gasteiger partial charge in [-0.15, -0.1) is 0 Å². The number of aliphatic hydroxyl groups excluding tert-OH is 1. The number of pyridine rings is 1. The molecule has 0 fully saturated rings. The topological polar surface area (TPSA) is 33.1 Å². The summed E-state index contributed by atoms with van der Waals surface area (Å²) in [6.07, 6.45) is 3.25. The molecule has 1 N–H and O–H groups in total. The average molecular weight is 304 g/mol. The number of aliphatic hydroxyl groups is 1. The summed E-state index contributed by atoms with van der Waals surface area (Å²) in [7, 11) is 0. The molecule has 90 valence electrons. The molecular formula is C12H18BrNOS. The summed E-state index contributed by atoms with van der Waals surface area (Å²) in [4.78, 5) is 4.25. The lowest BCUT2D eigenvalue weighted by Crippen LogP contribution is -2.16. The zero-order valence-electron chi connectivity index (χ0n) is 9.69. The van der Waals surface area contributed by atoms with E-state index in [2.05, 4.69) is 34.8 Å². The lowest BCUT2D eigenvalue weighted by molar-refractivity contribution is 0.199. The number of hydrogen-bond donors (Lipinski definition) is 1. The van der Waals surface area contributed by atoms with E-state index in [0.717, 1.165) is 22.3 Å². The maximum atomic E-state index is 9.84. The average Bonchev–Trinajstić information content (AvgIpc) is 2.29. The first kappa shape index (κ1) is 14.0. The first-order valence-corrected chi connectivity index (χ1v) is 7.36. The van der Waals surface area contributed by atoms with E-state index >= 15 is 0 Å². The predicted octanol–water partition coefficient (Wildman–Crippen LogP) is 3.28. The van der Waals surface area contributed by atoms with E-state index in [0.29, 0.717) is 11.7 Å². The Kier molecular flexibility index (Phi) is 6.39. The van der Waals surface area contributed by atoms with Crippen LogP contribution in [0, 0.1) is 0 Å². The molecule has 0 aliphatic heterocycles. The van der Waals surface area contributed by atoms with Crippen molar-refractivity contribution in [2.75, 3.05) is 5.75 Å². The van der Waals surface area contributed by atoms with Crippen molar-refractivity contribution in [1.29, 1.82) is 0 Å². The van der Waals surface area contributed by atoms with Gasteiger partial charge in [-0.2, -0.15) is 11.8 Å². The summed E-state index contributed by atoms with van der Waals surface area (Å²) in [6, 6.07) is 3.90. The van der Waals surface area contributed by atoms with Gasteiger partial charge in [0.25, 0.3) is 0 Å². The van der Waals surface area contributed by atoms with Crippen LogP contribution in [0.4, 0.5) is 0 Å². The van der Waals surface area contributed by atoms with Gasteiger partial charge in [-0.25, -0.2) is 0 Å². The fourth-order valence-corrected chi connectivity index (χ4v) is 2.36. The number of halogens is 1. The first-order chi connectivity index (χ1) is 7.61. The number of aromatic nitrogens is 1. The molecule has 2 unspecified atom stereocenters. The van der Waals surface area contributed by atoms with E-state index in [4.69, 9.17) is 0 Å². The third-order valence-corrected chi connectivity index (χ3v) is 4.33. The summed E-state index contributed by atoms with van der Waals surface area (Å²) in [5, 5.41) is 10.5. The van der Waals surface area contributed by atoms with E-state index in [1.54, 1.807) is 6.20 Å². The third-order valence-electron chi connectivity index (χ3n) is 2.38. The second-order valence-electron chi connectivity index (χ2n) is 3.88. The van der Waals surface area contributed by atoms with Crippen molar-refractivity contribution in [1.82, 2.24) is 4.98 Å². The van der Waals surface area contributed by atoms with Crippen LogP contribution in [-0.4, -0.2) is 27.2 Å². The summed E-state index contributed by atoms with van der Waals surface area (Å²) < 4.78 is 0.972. The molecule has 16 heavy (non-hydrogen) atoms. The van der Waals surface area contributed by atoms with Gasteiger partial charge in [-0.1, -0.05) is 13.8 Å². The van der Waals surface area contributed by atoms with Gasteiger partial charge in [0, 0.05) is 33.8 Å². The van der Waals surface area contributed by atoms with Gasteiger partial charge in [0.1, 0.15) is 0 Å². The highest BCUT2D eigenvalue weighted by Gasteiger charge is 2.08. The molecule has 0 bridgehead atoms. The molecule has 0 aromatic carbocycles. The highest BCUT2D eigenvalue weighted by molar-refractivity contribution is 9.10. The van der Waals surface area contributed by atoms with Crippen LogP contribution in [-0.2, 0) is 6.42 Å². The highest BCUT2D eigenvalue weighted by atomic mass is 79.9. The van der Waals surface area contributed by atoms with Gasteiger partial charge in [-0.05, 0) is 34.5 Å². The van der Waals surface area contributed by atoms with Crippen molar-refractivity contribution in [2.24, 2.45) is 0 Å². The van der Waals surface area contributed by atoms with Crippen molar-refractivity contribution in [3.63, 3.8) is 0 Å². The van der Waals surface area contributed by atoms with Crippen LogP contribution in [0.2, 0.25) is 0 Å².